The van der Waals surface area contributed by atoms with Gasteiger partial charge in [0.1, 0.15) is 0 Å². The van der Waals surface area contributed by atoms with Crippen LogP contribution in [0.25, 0.3) is 0 Å². The Morgan fingerprint density at radius 2 is 1.76 bits per heavy atom. The van der Waals surface area contributed by atoms with Crippen LogP contribution in [0.1, 0.15) is 18.1 Å². The maximum absolute atomic E-state index is 9.94. The number of thioether (sulfide) groups is 1. The van der Waals surface area contributed by atoms with E-state index in [1.165, 1.54) is 0 Å². The number of benzene rings is 1. The van der Waals surface area contributed by atoms with Crippen LogP contribution in [0, 0.1) is 0 Å². The summed E-state index contributed by atoms with van der Waals surface area (Å²) in [6, 6.07) is 11.5. The average Bonchev–Trinajstić information content (AvgIpc) is 2.41. The second kappa shape index (κ2) is 6.37. The molecule has 2 aromatic rings. The van der Waals surface area contributed by atoms with Crippen molar-refractivity contribution < 1.29 is 5.11 Å². The van der Waals surface area contributed by atoms with Crippen LogP contribution in [0.3, 0.4) is 0 Å². The van der Waals surface area contributed by atoms with Crippen molar-refractivity contribution in [2.45, 2.75) is 17.7 Å². The zero-order valence-corrected chi connectivity index (χ0v) is 10.2. The second-order valence-corrected chi connectivity index (χ2v) is 4.66. The molecule has 0 fully saturated rings. The van der Waals surface area contributed by atoms with Gasteiger partial charge in [0, 0.05) is 18.1 Å². The predicted molar refractivity (Wildman–Crippen MR) is 68.8 cm³/mol. The van der Waals surface area contributed by atoms with E-state index in [0.29, 0.717) is 6.42 Å². The number of rotatable bonds is 5. The first-order valence-electron chi connectivity index (χ1n) is 5.49. The monoisotopic (exact) mass is 246 g/mol. The fourth-order valence-electron chi connectivity index (χ4n) is 1.46. The van der Waals surface area contributed by atoms with E-state index >= 15 is 0 Å². The molecule has 0 unspecified atom stereocenters. The number of nitrogens with zero attached hydrogens (tertiary/aromatic N) is 2. The van der Waals surface area contributed by atoms with Crippen LogP contribution in [0.2, 0.25) is 0 Å². The van der Waals surface area contributed by atoms with E-state index in [-0.39, 0.29) is 0 Å². The number of aliphatic hydroxyl groups is 1. The standard InChI is InChI=1S/C13H14N2OS/c16-12(11-5-2-1-3-6-11)7-10-17-13-14-8-4-9-15-13/h1-6,8-9,12,16H,7,10H2/t12-/m0/s1. The molecule has 0 aliphatic heterocycles. The van der Waals surface area contributed by atoms with Crippen LogP contribution < -0.4 is 0 Å². The Bertz CT molecular complexity index is 436. The molecule has 1 N–H and O–H groups in total. The molecule has 0 radical (unpaired) electrons. The molecule has 0 bridgehead atoms. The minimum Gasteiger partial charge on any atom is -0.388 e. The molecule has 1 atom stereocenters. The van der Waals surface area contributed by atoms with Crippen molar-refractivity contribution in [3.63, 3.8) is 0 Å². The minimum atomic E-state index is -0.410. The fraction of sp³-hybridized carbons (Fsp3) is 0.231. The Morgan fingerprint density at radius 3 is 2.47 bits per heavy atom. The highest BCUT2D eigenvalue weighted by atomic mass is 32.2. The number of hydrogen-bond acceptors (Lipinski definition) is 4. The summed E-state index contributed by atoms with van der Waals surface area (Å²) in [5.74, 6) is 0.806. The Balaban J connectivity index is 1.79. The summed E-state index contributed by atoms with van der Waals surface area (Å²) in [5.41, 5.74) is 0.960. The lowest BCUT2D eigenvalue weighted by Crippen LogP contribution is -1.99. The molecule has 0 aliphatic rings. The zero-order valence-electron chi connectivity index (χ0n) is 9.36. The lowest BCUT2D eigenvalue weighted by Gasteiger charge is -2.09. The molecule has 2 rings (SSSR count). The molecule has 88 valence electrons. The maximum Gasteiger partial charge on any atom is 0.187 e. The molecular formula is C13H14N2OS. The van der Waals surface area contributed by atoms with Crippen LogP contribution in [0.4, 0.5) is 0 Å². The number of aliphatic hydroxyl groups excluding tert-OH is 1. The van der Waals surface area contributed by atoms with E-state index in [1.807, 2.05) is 30.3 Å². The largest absolute Gasteiger partial charge is 0.388 e. The van der Waals surface area contributed by atoms with Crippen molar-refractivity contribution in [1.29, 1.82) is 0 Å². The van der Waals surface area contributed by atoms with Crippen LogP contribution >= 0.6 is 11.8 Å². The summed E-state index contributed by atoms with van der Waals surface area (Å²) in [6.07, 6.45) is 3.74. The van der Waals surface area contributed by atoms with Crippen LogP contribution in [0.15, 0.2) is 53.9 Å². The third-order valence-corrected chi connectivity index (χ3v) is 3.26. The van der Waals surface area contributed by atoms with E-state index < -0.39 is 6.10 Å². The van der Waals surface area contributed by atoms with Crippen molar-refractivity contribution >= 4 is 11.8 Å². The SMILES string of the molecule is O[C@@H](CCSc1ncccn1)c1ccccc1. The first-order valence-corrected chi connectivity index (χ1v) is 6.47. The van der Waals surface area contributed by atoms with Crippen LogP contribution in [-0.2, 0) is 0 Å². The quantitative estimate of drug-likeness (QED) is 0.651. The predicted octanol–water partition coefficient (Wildman–Crippen LogP) is 2.69. The van der Waals surface area contributed by atoms with Crippen molar-refractivity contribution in [1.82, 2.24) is 9.97 Å². The topological polar surface area (TPSA) is 46.0 Å². The van der Waals surface area contributed by atoms with Gasteiger partial charge in [-0.2, -0.15) is 0 Å². The Kier molecular flexibility index (Phi) is 4.53. The van der Waals surface area contributed by atoms with Crippen molar-refractivity contribution in [3.05, 3.63) is 54.4 Å². The summed E-state index contributed by atoms with van der Waals surface area (Å²) >= 11 is 1.56. The van der Waals surface area contributed by atoms with Gasteiger partial charge in [0.25, 0.3) is 0 Å². The average molecular weight is 246 g/mol. The summed E-state index contributed by atoms with van der Waals surface area (Å²) in [6.45, 7) is 0. The maximum atomic E-state index is 9.94. The van der Waals surface area contributed by atoms with Gasteiger partial charge in [-0.15, -0.1) is 0 Å². The van der Waals surface area contributed by atoms with E-state index in [0.717, 1.165) is 16.5 Å². The van der Waals surface area contributed by atoms with Gasteiger partial charge in [-0.05, 0) is 18.1 Å². The highest BCUT2D eigenvalue weighted by Crippen LogP contribution is 2.20. The van der Waals surface area contributed by atoms with Gasteiger partial charge in [0.05, 0.1) is 6.10 Å². The van der Waals surface area contributed by atoms with Gasteiger partial charge in [-0.1, -0.05) is 42.1 Å². The molecule has 1 aromatic heterocycles. The van der Waals surface area contributed by atoms with Crippen molar-refractivity contribution in [2.24, 2.45) is 0 Å². The fourth-order valence-corrected chi connectivity index (χ4v) is 2.26. The third-order valence-electron chi connectivity index (χ3n) is 2.35. The van der Waals surface area contributed by atoms with Crippen molar-refractivity contribution in [3.8, 4) is 0 Å². The molecule has 0 saturated carbocycles. The Hall–Kier alpha value is -1.39. The van der Waals surface area contributed by atoms with Gasteiger partial charge >= 0.3 is 0 Å². The smallest absolute Gasteiger partial charge is 0.187 e. The highest BCUT2D eigenvalue weighted by Gasteiger charge is 2.07. The van der Waals surface area contributed by atoms with E-state index in [9.17, 15) is 5.11 Å². The molecule has 0 amide bonds. The molecule has 4 heteroatoms. The van der Waals surface area contributed by atoms with E-state index in [1.54, 1.807) is 30.2 Å². The molecule has 1 aromatic carbocycles. The first kappa shape index (κ1) is 12.1. The highest BCUT2D eigenvalue weighted by molar-refractivity contribution is 7.99. The Labute approximate surface area is 105 Å². The molecule has 0 spiro atoms. The van der Waals surface area contributed by atoms with Crippen LogP contribution in [0.5, 0.6) is 0 Å². The summed E-state index contributed by atoms with van der Waals surface area (Å²) in [4.78, 5) is 8.24. The Morgan fingerprint density at radius 1 is 1.06 bits per heavy atom. The third kappa shape index (κ3) is 3.84. The van der Waals surface area contributed by atoms with Crippen LogP contribution in [-0.4, -0.2) is 20.8 Å². The zero-order chi connectivity index (χ0) is 11.9. The number of aromatic nitrogens is 2. The molecule has 17 heavy (non-hydrogen) atoms. The van der Waals surface area contributed by atoms with Gasteiger partial charge in [0.2, 0.25) is 0 Å². The summed E-state index contributed by atoms with van der Waals surface area (Å²) in [7, 11) is 0. The summed E-state index contributed by atoms with van der Waals surface area (Å²) < 4.78 is 0. The number of hydrogen-bond donors (Lipinski definition) is 1. The van der Waals surface area contributed by atoms with E-state index in [4.69, 9.17) is 0 Å². The minimum absolute atomic E-state index is 0.410. The molecule has 3 nitrogen and oxygen atoms in total. The molecular weight excluding hydrogens is 232 g/mol. The summed E-state index contributed by atoms with van der Waals surface area (Å²) in [5, 5.41) is 10.7. The van der Waals surface area contributed by atoms with Gasteiger partial charge in [0.15, 0.2) is 5.16 Å². The first-order chi connectivity index (χ1) is 8.36. The second-order valence-electron chi connectivity index (χ2n) is 3.59. The molecule has 0 aliphatic carbocycles. The van der Waals surface area contributed by atoms with Gasteiger partial charge in [-0.25, -0.2) is 9.97 Å². The van der Waals surface area contributed by atoms with Gasteiger partial charge in [-0.3, -0.25) is 0 Å². The van der Waals surface area contributed by atoms with Gasteiger partial charge < -0.3 is 5.11 Å². The lowest BCUT2D eigenvalue weighted by atomic mass is 10.1. The normalized spacial score (nSPS) is 12.3. The molecule has 0 saturated heterocycles. The molecule has 1 heterocycles. The van der Waals surface area contributed by atoms with Crippen molar-refractivity contribution in [2.75, 3.05) is 5.75 Å². The van der Waals surface area contributed by atoms with E-state index in [2.05, 4.69) is 9.97 Å². The lowest BCUT2D eigenvalue weighted by molar-refractivity contribution is 0.175.